The van der Waals surface area contributed by atoms with Gasteiger partial charge in [-0.3, -0.25) is 0 Å². The molecule has 4 nitrogen and oxygen atoms in total. The standard InChI is InChI=1S/C17H15NO3S/c1-21-13-9-7-12(8-10-13)16-15(11-18)17(16)22(19,20)14-5-3-2-4-6-14/h2-10,15-17H,1H3. The molecule has 1 aliphatic carbocycles. The number of hydrogen-bond acceptors (Lipinski definition) is 4. The molecule has 0 spiro atoms. The summed E-state index contributed by atoms with van der Waals surface area (Å²) in [6.07, 6.45) is 0. The van der Waals surface area contributed by atoms with Gasteiger partial charge in [-0.2, -0.15) is 5.26 Å². The number of sulfone groups is 1. The van der Waals surface area contributed by atoms with Crippen LogP contribution in [0.25, 0.3) is 0 Å². The maximum absolute atomic E-state index is 12.7. The van der Waals surface area contributed by atoms with E-state index < -0.39 is 21.0 Å². The molecule has 0 aliphatic heterocycles. The van der Waals surface area contributed by atoms with E-state index in [-0.39, 0.29) is 10.8 Å². The fraction of sp³-hybridized carbons (Fsp3) is 0.235. The van der Waals surface area contributed by atoms with Gasteiger partial charge >= 0.3 is 0 Å². The third-order valence-electron chi connectivity index (χ3n) is 4.03. The lowest BCUT2D eigenvalue weighted by Gasteiger charge is -2.04. The Hall–Kier alpha value is -2.32. The summed E-state index contributed by atoms with van der Waals surface area (Å²) in [5.74, 6) is -0.0694. The van der Waals surface area contributed by atoms with Gasteiger partial charge in [0.05, 0.1) is 29.2 Å². The lowest BCUT2D eigenvalue weighted by atomic mass is 10.1. The quantitative estimate of drug-likeness (QED) is 0.870. The summed E-state index contributed by atoms with van der Waals surface area (Å²) in [5, 5.41) is 8.61. The summed E-state index contributed by atoms with van der Waals surface area (Å²) >= 11 is 0. The second kappa shape index (κ2) is 5.47. The molecule has 0 bridgehead atoms. The van der Waals surface area contributed by atoms with Crippen molar-refractivity contribution in [3.63, 3.8) is 0 Å². The Labute approximate surface area is 129 Å². The highest BCUT2D eigenvalue weighted by atomic mass is 32.2. The lowest BCUT2D eigenvalue weighted by molar-refractivity contribution is 0.414. The van der Waals surface area contributed by atoms with Gasteiger partial charge in [-0.1, -0.05) is 30.3 Å². The molecule has 1 aliphatic rings. The molecule has 2 aromatic carbocycles. The molecular formula is C17H15NO3S. The molecular weight excluding hydrogens is 298 g/mol. The van der Waals surface area contributed by atoms with Crippen molar-refractivity contribution in [2.45, 2.75) is 16.1 Å². The van der Waals surface area contributed by atoms with Crippen molar-refractivity contribution in [2.24, 2.45) is 5.92 Å². The van der Waals surface area contributed by atoms with Crippen LogP contribution < -0.4 is 4.74 Å². The molecule has 0 aromatic heterocycles. The first-order chi connectivity index (χ1) is 10.6. The number of benzene rings is 2. The Balaban J connectivity index is 1.93. The molecule has 3 atom stereocenters. The molecule has 1 fully saturated rings. The molecule has 3 rings (SSSR count). The van der Waals surface area contributed by atoms with Crippen LogP contribution in [0, 0.1) is 17.2 Å². The minimum Gasteiger partial charge on any atom is -0.497 e. The second-order valence-electron chi connectivity index (χ2n) is 5.28. The van der Waals surface area contributed by atoms with Crippen LogP contribution in [0.15, 0.2) is 59.5 Å². The van der Waals surface area contributed by atoms with Crippen molar-refractivity contribution < 1.29 is 13.2 Å². The number of methoxy groups -OCH3 is 1. The third kappa shape index (κ3) is 2.36. The first-order valence-electron chi connectivity index (χ1n) is 6.92. The van der Waals surface area contributed by atoms with E-state index >= 15 is 0 Å². The number of nitriles is 1. The lowest BCUT2D eigenvalue weighted by Crippen LogP contribution is -2.10. The Morgan fingerprint density at radius 1 is 1.05 bits per heavy atom. The molecule has 0 amide bonds. The molecule has 0 N–H and O–H groups in total. The van der Waals surface area contributed by atoms with Gasteiger partial charge in [0.1, 0.15) is 5.75 Å². The van der Waals surface area contributed by atoms with Gasteiger partial charge in [0.15, 0.2) is 9.84 Å². The molecule has 22 heavy (non-hydrogen) atoms. The van der Waals surface area contributed by atoms with Crippen molar-refractivity contribution in [3.05, 3.63) is 60.2 Å². The zero-order chi connectivity index (χ0) is 15.7. The van der Waals surface area contributed by atoms with Crippen molar-refractivity contribution in [1.29, 1.82) is 5.26 Å². The van der Waals surface area contributed by atoms with E-state index in [2.05, 4.69) is 6.07 Å². The zero-order valence-corrected chi connectivity index (χ0v) is 12.8. The molecule has 1 saturated carbocycles. The Kier molecular flexibility index (Phi) is 3.63. The number of nitrogens with zero attached hydrogens (tertiary/aromatic N) is 1. The van der Waals surface area contributed by atoms with Gasteiger partial charge in [0, 0.05) is 5.92 Å². The Morgan fingerprint density at radius 3 is 2.23 bits per heavy atom. The summed E-state index contributed by atoms with van der Waals surface area (Å²) < 4.78 is 30.5. The first kappa shape index (κ1) is 14.6. The van der Waals surface area contributed by atoms with Crippen LogP contribution >= 0.6 is 0 Å². The van der Waals surface area contributed by atoms with Gasteiger partial charge in [-0.25, -0.2) is 8.42 Å². The number of ether oxygens (including phenoxy) is 1. The van der Waals surface area contributed by atoms with Gasteiger partial charge in [-0.05, 0) is 29.8 Å². The smallest absolute Gasteiger partial charge is 0.183 e. The predicted octanol–water partition coefficient (Wildman–Crippen LogP) is 2.77. The van der Waals surface area contributed by atoms with Gasteiger partial charge in [0.2, 0.25) is 0 Å². The molecule has 0 saturated heterocycles. The Morgan fingerprint density at radius 2 is 1.68 bits per heavy atom. The van der Waals surface area contributed by atoms with E-state index in [9.17, 15) is 13.7 Å². The topological polar surface area (TPSA) is 67.2 Å². The minimum atomic E-state index is -3.49. The maximum atomic E-state index is 12.7. The van der Waals surface area contributed by atoms with Crippen LogP contribution in [0.5, 0.6) is 5.75 Å². The van der Waals surface area contributed by atoms with Crippen molar-refractivity contribution >= 4 is 9.84 Å². The highest BCUT2D eigenvalue weighted by molar-refractivity contribution is 7.92. The normalized spacial score (nSPS) is 23.5. The van der Waals surface area contributed by atoms with Gasteiger partial charge in [-0.15, -0.1) is 0 Å². The summed E-state index contributed by atoms with van der Waals surface area (Å²) in [4.78, 5) is 0.274. The fourth-order valence-electron chi connectivity index (χ4n) is 2.81. The highest BCUT2D eigenvalue weighted by Gasteiger charge is 2.59. The SMILES string of the molecule is COc1ccc(C2C(C#N)C2S(=O)(=O)c2ccccc2)cc1. The van der Waals surface area contributed by atoms with Crippen LogP contribution in [-0.2, 0) is 9.84 Å². The van der Waals surface area contributed by atoms with Crippen LogP contribution in [0.2, 0.25) is 0 Å². The second-order valence-corrected chi connectivity index (χ2v) is 7.38. The number of hydrogen-bond donors (Lipinski definition) is 0. The largest absolute Gasteiger partial charge is 0.497 e. The minimum absolute atomic E-state index is 0.274. The van der Waals surface area contributed by atoms with E-state index in [1.165, 1.54) is 0 Å². The van der Waals surface area contributed by atoms with E-state index in [1.807, 2.05) is 12.1 Å². The molecule has 2 aromatic rings. The molecule has 0 radical (unpaired) electrons. The predicted molar refractivity (Wildman–Crippen MR) is 82.3 cm³/mol. The molecule has 0 heterocycles. The summed E-state index contributed by atoms with van der Waals surface area (Å²) in [5.41, 5.74) is 0.858. The summed E-state index contributed by atoms with van der Waals surface area (Å²) in [7, 11) is -1.92. The van der Waals surface area contributed by atoms with Crippen molar-refractivity contribution in [2.75, 3.05) is 7.11 Å². The molecule has 112 valence electrons. The molecule has 3 unspecified atom stereocenters. The van der Waals surface area contributed by atoms with Crippen LogP contribution in [0.4, 0.5) is 0 Å². The van der Waals surface area contributed by atoms with Crippen LogP contribution in [0.1, 0.15) is 11.5 Å². The molecule has 5 heteroatoms. The third-order valence-corrected chi connectivity index (χ3v) is 6.27. The van der Waals surface area contributed by atoms with Crippen LogP contribution in [0.3, 0.4) is 0 Å². The van der Waals surface area contributed by atoms with Gasteiger partial charge < -0.3 is 4.74 Å². The zero-order valence-electron chi connectivity index (χ0n) is 12.0. The van der Waals surface area contributed by atoms with E-state index in [0.717, 1.165) is 5.56 Å². The fourth-order valence-corrected chi connectivity index (χ4v) is 4.90. The first-order valence-corrected chi connectivity index (χ1v) is 8.46. The van der Waals surface area contributed by atoms with E-state index in [4.69, 9.17) is 4.74 Å². The highest BCUT2D eigenvalue weighted by Crippen LogP contribution is 2.53. The van der Waals surface area contributed by atoms with Gasteiger partial charge in [0.25, 0.3) is 0 Å². The van der Waals surface area contributed by atoms with E-state index in [0.29, 0.717) is 5.75 Å². The van der Waals surface area contributed by atoms with Crippen LogP contribution in [-0.4, -0.2) is 20.8 Å². The summed E-state index contributed by atoms with van der Waals surface area (Å²) in [6, 6.07) is 17.7. The van der Waals surface area contributed by atoms with Crippen molar-refractivity contribution in [1.82, 2.24) is 0 Å². The van der Waals surface area contributed by atoms with Crippen molar-refractivity contribution in [3.8, 4) is 11.8 Å². The average Bonchev–Trinajstić information content (AvgIpc) is 3.31. The maximum Gasteiger partial charge on any atom is 0.183 e. The monoisotopic (exact) mass is 313 g/mol. The number of rotatable bonds is 4. The van der Waals surface area contributed by atoms with E-state index in [1.54, 1.807) is 49.6 Å². The summed E-state index contributed by atoms with van der Waals surface area (Å²) in [6.45, 7) is 0. The average molecular weight is 313 g/mol. The Bertz CT molecular complexity index is 807.